The van der Waals surface area contributed by atoms with Gasteiger partial charge < -0.3 is 10.1 Å². The summed E-state index contributed by atoms with van der Waals surface area (Å²) in [5.41, 5.74) is 3.72. The zero-order chi connectivity index (χ0) is 12.5. The fraction of sp³-hybridized carbons (Fsp3) is 0.333. The second-order valence-corrected chi connectivity index (χ2v) is 3.64. The van der Waals surface area contributed by atoms with E-state index < -0.39 is 0 Å². The molecule has 0 aliphatic carbocycles. The molecule has 2 N–H and O–H groups in total. The molecule has 0 amide bonds. The van der Waals surface area contributed by atoms with Crippen molar-refractivity contribution in [2.45, 2.75) is 13.8 Å². The highest BCUT2D eigenvalue weighted by molar-refractivity contribution is 7.80. The summed E-state index contributed by atoms with van der Waals surface area (Å²) in [4.78, 5) is 0. The Hall–Kier alpha value is -1.62. The minimum absolute atomic E-state index is 0.523. The van der Waals surface area contributed by atoms with Gasteiger partial charge in [0, 0.05) is 6.54 Å². The molecule has 1 aromatic carbocycles. The summed E-state index contributed by atoms with van der Waals surface area (Å²) in [6.07, 6.45) is 1.71. The number of rotatable bonds is 5. The maximum atomic E-state index is 5.34. The van der Waals surface area contributed by atoms with Gasteiger partial charge in [-0.3, -0.25) is 5.43 Å². The molecule has 0 aliphatic heterocycles. The average molecular weight is 251 g/mol. The predicted molar refractivity (Wildman–Crippen MR) is 74.6 cm³/mol. The lowest BCUT2D eigenvalue weighted by Gasteiger charge is -2.03. The van der Waals surface area contributed by atoms with E-state index in [-0.39, 0.29) is 0 Å². The molecule has 0 saturated heterocycles. The number of nitrogens with one attached hydrogen (secondary N) is 2. The van der Waals surface area contributed by atoms with Crippen molar-refractivity contribution in [3.05, 3.63) is 29.8 Å². The highest BCUT2D eigenvalue weighted by Crippen LogP contribution is 2.10. The van der Waals surface area contributed by atoms with Crippen molar-refractivity contribution in [1.29, 1.82) is 0 Å². The van der Waals surface area contributed by atoms with E-state index in [0.29, 0.717) is 11.7 Å². The first-order valence-corrected chi connectivity index (χ1v) is 5.96. The lowest BCUT2D eigenvalue weighted by atomic mass is 10.2. The smallest absolute Gasteiger partial charge is 0.186 e. The van der Waals surface area contributed by atoms with E-state index in [9.17, 15) is 0 Å². The van der Waals surface area contributed by atoms with Crippen LogP contribution < -0.4 is 15.5 Å². The van der Waals surface area contributed by atoms with E-state index >= 15 is 0 Å². The van der Waals surface area contributed by atoms with Gasteiger partial charge in [0.1, 0.15) is 5.75 Å². The van der Waals surface area contributed by atoms with E-state index in [4.69, 9.17) is 17.0 Å². The van der Waals surface area contributed by atoms with Crippen LogP contribution in [0.1, 0.15) is 19.4 Å². The second kappa shape index (κ2) is 7.62. The first-order chi connectivity index (χ1) is 8.26. The molecule has 0 heterocycles. The van der Waals surface area contributed by atoms with E-state index in [1.165, 1.54) is 0 Å². The van der Waals surface area contributed by atoms with Crippen LogP contribution in [0.2, 0.25) is 0 Å². The summed E-state index contributed by atoms with van der Waals surface area (Å²) in [7, 11) is 0. The molecule has 5 heteroatoms. The van der Waals surface area contributed by atoms with Crippen molar-refractivity contribution in [3.8, 4) is 5.75 Å². The summed E-state index contributed by atoms with van der Waals surface area (Å²) in [5.74, 6) is 0.862. The van der Waals surface area contributed by atoms with Crippen LogP contribution in [0.4, 0.5) is 0 Å². The van der Waals surface area contributed by atoms with Crippen molar-refractivity contribution in [1.82, 2.24) is 10.7 Å². The lowest BCUT2D eigenvalue weighted by molar-refractivity contribution is 0.340. The third-order valence-electron chi connectivity index (χ3n) is 1.91. The van der Waals surface area contributed by atoms with Gasteiger partial charge in [0.05, 0.1) is 12.8 Å². The molecule has 0 unspecified atom stereocenters. The molecular weight excluding hydrogens is 234 g/mol. The quantitative estimate of drug-likeness (QED) is 0.477. The molecule has 17 heavy (non-hydrogen) atoms. The molecule has 0 atom stereocenters. The first-order valence-electron chi connectivity index (χ1n) is 5.56. The fourth-order valence-corrected chi connectivity index (χ4v) is 1.38. The highest BCUT2D eigenvalue weighted by atomic mass is 32.1. The van der Waals surface area contributed by atoms with Gasteiger partial charge in [-0.15, -0.1) is 0 Å². The molecule has 1 aromatic rings. The van der Waals surface area contributed by atoms with Crippen molar-refractivity contribution >= 4 is 23.5 Å². The number of nitrogens with zero attached hydrogens (tertiary/aromatic N) is 1. The van der Waals surface area contributed by atoms with Gasteiger partial charge in [0.2, 0.25) is 0 Å². The van der Waals surface area contributed by atoms with E-state index in [0.717, 1.165) is 17.9 Å². The Labute approximate surface area is 107 Å². The zero-order valence-electron chi connectivity index (χ0n) is 10.1. The largest absolute Gasteiger partial charge is 0.494 e. The SMILES string of the molecule is CCNC(=S)NN=Cc1ccc(OCC)cc1. The minimum atomic E-state index is 0.523. The van der Waals surface area contributed by atoms with Crippen LogP contribution in [0.15, 0.2) is 29.4 Å². The number of thiocarbonyl (C=S) groups is 1. The second-order valence-electron chi connectivity index (χ2n) is 3.23. The summed E-state index contributed by atoms with van der Waals surface area (Å²) >= 11 is 4.97. The molecule has 0 radical (unpaired) electrons. The van der Waals surface area contributed by atoms with Crippen LogP contribution in [-0.4, -0.2) is 24.5 Å². The lowest BCUT2D eigenvalue weighted by Crippen LogP contribution is -2.31. The summed E-state index contributed by atoms with van der Waals surface area (Å²) in [6, 6.07) is 7.69. The van der Waals surface area contributed by atoms with Crippen LogP contribution in [0.5, 0.6) is 5.75 Å². The molecule has 1 rings (SSSR count). The summed E-state index contributed by atoms with van der Waals surface area (Å²) in [5, 5.41) is 7.48. The minimum Gasteiger partial charge on any atom is -0.494 e. The monoisotopic (exact) mass is 251 g/mol. The van der Waals surface area contributed by atoms with Gasteiger partial charge in [-0.25, -0.2) is 0 Å². The average Bonchev–Trinajstić information content (AvgIpc) is 2.32. The number of hydrazone groups is 1. The van der Waals surface area contributed by atoms with Crippen LogP contribution in [0.3, 0.4) is 0 Å². The Bertz CT molecular complexity index is 376. The topological polar surface area (TPSA) is 45.7 Å². The van der Waals surface area contributed by atoms with Gasteiger partial charge in [-0.05, 0) is 55.9 Å². The maximum absolute atomic E-state index is 5.34. The molecule has 0 spiro atoms. The van der Waals surface area contributed by atoms with Crippen molar-refractivity contribution in [2.24, 2.45) is 5.10 Å². The number of hydrogen-bond acceptors (Lipinski definition) is 3. The van der Waals surface area contributed by atoms with Gasteiger partial charge >= 0.3 is 0 Å². The van der Waals surface area contributed by atoms with Crippen molar-refractivity contribution in [2.75, 3.05) is 13.2 Å². The predicted octanol–water partition coefficient (Wildman–Crippen LogP) is 1.90. The molecule has 0 bridgehead atoms. The molecule has 0 aromatic heterocycles. The fourth-order valence-electron chi connectivity index (χ4n) is 1.18. The van der Waals surface area contributed by atoms with Crippen LogP contribution in [-0.2, 0) is 0 Å². The molecule has 0 aliphatic rings. The Morgan fingerprint density at radius 3 is 2.65 bits per heavy atom. The van der Waals surface area contributed by atoms with Gasteiger partial charge in [0.15, 0.2) is 5.11 Å². The molecular formula is C12H17N3OS. The zero-order valence-corrected chi connectivity index (χ0v) is 10.9. The number of hydrogen-bond donors (Lipinski definition) is 2. The standard InChI is InChI=1S/C12H17N3OS/c1-3-13-12(17)15-14-9-10-5-7-11(8-6-10)16-4-2/h5-9H,3-4H2,1-2H3,(H2,13,15,17). The Kier molecular flexibility index (Phi) is 6.03. The third kappa shape index (κ3) is 5.31. The van der Waals surface area contributed by atoms with E-state index in [2.05, 4.69) is 15.8 Å². The highest BCUT2D eigenvalue weighted by Gasteiger charge is 1.92. The number of benzene rings is 1. The van der Waals surface area contributed by atoms with Crippen LogP contribution >= 0.6 is 12.2 Å². The summed E-state index contributed by atoms with van der Waals surface area (Å²) < 4.78 is 5.34. The third-order valence-corrected chi connectivity index (χ3v) is 2.14. The van der Waals surface area contributed by atoms with Gasteiger partial charge in [0.25, 0.3) is 0 Å². The Balaban J connectivity index is 2.45. The van der Waals surface area contributed by atoms with Crippen molar-refractivity contribution in [3.63, 3.8) is 0 Å². The van der Waals surface area contributed by atoms with Crippen molar-refractivity contribution < 1.29 is 4.74 Å². The Morgan fingerprint density at radius 2 is 2.06 bits per heavy atom. The number of ether oxygens (including phenoxy) is 1. The molecule has 0 saturated carbocycles. The normalized spacial score (nSPS) is 10.2. The van der Waals surface area contributed by atoms with E-state index in [1.54, 1.807) is 6.21 Å². The maximum Gasteiger partial charge on any atom is 0.186 e. The van der Waals surface area contributed by atoms with E-state index in [1.807, 2.05) is 38.1 Å². The Morgan fingerprint density at radius 1 is 1.35 bits per heavy atom. The van der Waals surface area contributed by atoms with Crippen LogP contribution in [0, 0.1) is 0 Å². The molecule has 0 fully saturated rings. The van der Waals surface area contributed by atoms with Crippen LogP contribution in [0.25, 0.3) is 0 Å². The summed E-state index contributed by atoms with van der Waals surface area (Å²) in [6.45, 7) is 5.39. The van der Waals surface area contributed by atoms with Gasteiger partial charge in [-0.1, -0.05) is 0 Å². The van der Waals surface area contributed by atoms with Gasteiger partial charge in [-0.2, -0.15) is 5.10 Å². The molecule has 4 nitrogen and oxygen atoms in total. The first kappa shape index (κ1) is 13.4. The molecule has 92 valence electrons.